The Labute approximate surface area is 108 Å². The average Bonchev–Trinajstić information content (AvgIpc) is 2.87. The van der Waals surface area contributed by atoms with E-state index in [4.69, 9.17) is 4.74 Å². The number of esters is 1. The summed E-state index contributed by atoms with van der Waals surface area (Å²) in [6.45, 7) is 2.27. The Morgan fingerprint density at radius 3 is 2.83 bits per heavy atom. The van der Waals surface area contributed by atoms with Crippen LogP contribution in [0.3, 0.4) is 0 Å². The molecule has 0 aromatic heterocycles. The molecule has 0 amide bonds. The zero-order valence-corrected chi connectivity index (χ0v) is 10.7. The van der Waals surface area contributed by atoms with Gasteiger partial charge in [0.15, 0.2) is 0 Å². The van der Waals surface area contributed by atoms with Gasteiger partial charge in [0.25, 0.3) is 0 Å². The standard InChI is InChI=1S/C15H19NO2/c1-2-18-15(17)14-10-13(11-16-14)9-8-12-6-4-3-5-7-12/h3-7,11,14,16H,2,8-10H2,1H3. The summed E-state index contributed by atoms with van der Waals surface area (Å²) in [6, 6.07) is 10.2. The molecule has 1 aliphatic heterocycles. The predicted octanol–water partition coefficient (Wildman–Crippen LogP) is 2.43. The highest BCUT2D eigenvalue weighted by Gasteiger charge is 2.24. The lowest BCUT2D eigenvalue weighted by molar-refractivity contribution is -0.145. The maximum absolute atomic E-state index is 11.5. The number of rotatable bonds is 5. The molecule has 96 valence electrons. The van der Waals surface area contributed by atoms with Crippen LogP contribution in [0.25, 0.3) is 0 Å². The Kier molecular flexibility index (Phi) is 4.40. The minimum absolute atomic E-state index is 0.150. The molecule has 3 nitrogen and oxygen atoms in total. The van der Waals surface area contributed by atoms with Gasteiger partial charge in [-0.05, 0) is 31.5 Å². The van der Waals surface area contributed by atoms with E-state index < -0.39 is 0 Å². The molecular formula is C15H19NO2. The van der Waals surface area contributed by atoms with Gasteiger partial charge in [0.05, 0.1) is 6.61 Å². The highest BCUT2D eigenvalue weighted by molar-refractivity contribution is 5.77. The van der Waals surface area contributed by atoms with Crippen molar-refractivity contribution in [1.29, 1.82) is 0 Å². The molecular weight excluding hydrogens is 226 g/mol. The molecule has 1 heterocycles. The number of carbonyl (C=O) groups is 1. The minimum atomic E-state index is -0.185. The first-order valence-corrected chi connectivity index (χ1v) is 6.44. The van der Waals surface area contributed by atoms with E-state index in [1.165, 1.54) is 11.1 Å². The van der Waals surface area contributed by atoms with Gasteiger partial charge in [0.1, 0.15) is 6.04 Å². The van der Waals surface area contributed by atoms with Gasteiger partial charge in [-0.2, -0.15) is 0 Å². The summed E-state index contributed by atoms with van der Waals surface area (Å²) < 4.78 is 5.00. The van der Waals surface area contributed by atoms with E-state index in [-0.39, 0.29) is 12.0 Å². The Balaban J connectivity index is 1.78. The number of nitrogens with one attached hydrogen (secondary N) is 1. The van der Waals surface area contributed by atoms with Crippen molar-refractivity contribution in [3.63, 3.8) is 0 Å². The van der Waals surface area contributed by atoms with E-state index in [9.17, 15) is 4.79 Å². The first kappa shape index (κ1) is 12.7. The lowest BCUT2D eigenvalue weighted by Gasteiger charge is -2.09. The molecule has 1 aromatic carbocycles. The maximum Gasteiger partial charge on any atom is 0.328 e. The first-order valence-electron chi connectivity index (χ1n) is 6.44. The monoisotopic (exact) mass is 245 g/mol. The highest BCUT2D eigenvalue weighted by atomic mass is 16.5. The van der Waals surface area contributed by atoms with Crippen LogP contribution in [0.1, 0.15) is 25.3 Å². The molecule has 0 spiro atoms. The summed E-state index contributed by atoms with van der Waals surface area (Å²) in [7, 11) is 0. The van der Waals surface area contributed by atoms with E-state index >= 15 is 0 Å². The first-order chi connectivity index (χ1) is 8.79. The quantitative estimate of drug-likeness (QED) is 0.810. The van der Waals surface area contributed by atoms with Crippen LogP contribution in [0, 0.1) is 0 Å². The molecule has 0 saturated heterocycles. The van der Waals surface area contributed by atoms with Gasteiger partial charge in [0.2, 0.25) is 0 Å². The van der Waals surface area contributed by atoms with Gasteiger partial charge in [-0.3, -0.25) is 0 Å². The van der Waals surface area contributed by atoms with E-state index in [0.717, 1.165) is 19.3 Å². The molecule has 1 unspecified atom stereocenters. The second kappa shape index (κ2) is 6.24. The SMILES string of the molecule is CCOC(=O)C1CC(CCc2ccccc2)=CN1. The zero-order valence-electron chi connectivity index (χ0n) is 10.7. The third-order valence-electron chi connectivity index (χ3n) is 3.10. The summed E-state index contributed by atoms with van der Waals surface area (Å²) in [6.07, 6.45) is 4.74. The molecule has 18 heavy (non-hydrogen) atoms. The normalized spacial score (nSPS) is 18.1. The van der Waals surface area contributed by atoms with Gasteiger partial charge in [-0.15, -0.1) is 0 Å². The van der Waals surface area contributed by atoms with Crippen LogP contribution in [-0.4, -0.2) is 18.6 Å². The summed E-state index contributed by atoms with van der Waals surface area (Å²) in [5, 5.41) is 3.09. The summed E-state index contributed by atoms with van der Waals surface area (Å²) in [5.74, 6) is -0.150. The Morgan fingerprint density at radius 2 is 2.11 bits per heavy atom. The van der Waals surface area contributed by atoms with Gasteiger partial charge >= 0.3 is 5.97 Å². The van der Waals surface area contributed by atoms with Crippen LogP contribution < -0.4 is 5.32 Å². The summed E-state index contributed by atoms with van der Waals surface area (Å²) in [4.78, 5) is 11.5. The van der Waals surface area contributed by atoms with Gasteiger partial charge < -0.3 is 10.1 Å². The Morgan fingerprint density at radius 1 is 1.33 bits per heavy atom. The van der Waals surface area contributed by atoms with Crippen molar-refractivity contribution in [3.05, 3.63) is 47.7 Å². The van der Waals surface area contributed by atoms with Gasteiger partial charge in [-0.1, -0.05) is 35.9 Å². The minimum Gasteiger partial charge on any atom is -0.464 e. The number of benzene rings is 1. The van der Waals surface area contributed by atoms with Crippen LogP contribution in [0.2, 0.25) is 0 Å². The van der Waals surface area contributed by atoms with E-state index in [1.807, 2.05) is 19.2 Å². The number of hydrogen-bond acceptors (Lipinski definition) is 3. The molecule has 3 heteroatoms. The number of ether oxygens (including phenoxy) is 1. The zero-order chi connectivity index (χ0) is 12.8. The van der Waals surface area contributed by atoms with Crippen molar-refractivity contribution in [1.82, 2.24) is 5.32 Å². The lowest BCUT2D eigenvalue weighted by Crippen LogP contribution is -2.31. The highest BCUT2D eigenvalue weighted by Crippen LogP contribution is 2.19. The third kappa shape index (κ3) is 3.36. The predicted molar refractivity (Wildman–Crippen MR) is 71.0 cm³/mol. The fourth-order valence-electron chi connectivity index (χ4n) is 2.12. The average molecular weight is 245 g/mol. The fourth-order valence-corrected chi connectivity index (χ4v) is 2.12. The lowest BCUT2D eigenvalue weighted by atomic mass is 10.0. The van der Waals surface area contributed by atoms with E-state index in [0.29, 0.717) is 6.61 Å². The largest absolute Gasteiger partial charge is 0.464 e. The third-order valence-corrected chi connectivity index (χ3v) is 3.10. The van der Waals surface area contributed by atoms with Gasteiger partial charge in [-0.25, -0.2) is 4.79 Å². The Bertz CT molecular complexity index is 425. The maximum atomic E-state index is 11.5. The van der Waals surface area contributed by atoms with Crippen molar-refractivity contribution in [2.75, 3.05) is 6.61 Å². The fraction of sp³-hybridized carbons (Fsp3) is 0.400. The van der Waals surface area contributed by atoms with Crippen LogP contribution in [0.15, 0.2) is 42.1 Å². The van der Waals surface area contributed by atoms with Gasteiger partial charge in [0, 0.05) is 6.42 Å². The van der Waals surface area contributed by atoms with Crippen LogP contribution in [0.4, 0.5) is 0 Å². The van der Waals surface area contributed by atoms with Crippen molar-refractivity contribution in [2.45, 2.75) is 32.2 Å². The second-order valence-electron chi connectivity index (χ2n) is 4.46. The van der Waals surface area contributed by atoms with E-state index in [2.05, 4.69) is 29.6 Å². The van der Waals surface area contributed by atoms with Crippen LogP contribution >= 0.6 is 0 Å². The number of aryl methyl sites for hydroxylation is 1. The van der Waals surface area contributed by atoms with Crippen molar-refractivity contribution in [2.24, 2.45) is 0 Å². The molecule has 1 atom stereocenters. The molecule has 1 N–H and O–H groups in total. The number of carbonyl (C=O) groups excluding carboxylic acids is 1. The van der Waals surface area contributed by atoms with Crippen molar-refractivity contribution in [3.8, 4) is 0 Å². The Hall–Kier alpha value is -1.77. The van der Waals surface area contributed by atoms with Crippen molar-refractivity contribution < 1.29 is 9.53 Å². The van der Waals surface area contributed by atoms with E-state index in [1.54, 1.807) is 0 Å². The molecule has 0 aliphatic carbocycles. The smallest absolute Gasteiger partial charge is 0.328 e. The number of hydrogen-bond donors (Lipinski definition) is 1. The molecule has 0 bridgehead atoms. The van der Waals surface area contributed by atoms with Crippen LogP contribution in [-0.2, 0) is 16.0 Å². The molecule has 1 aliphatic rings. The topological polar surface area (TPSA) is 38.3 Å². The molecule has 0 radical (unpaired) electrons. The summed E-state index contributed by atoms with van der Waals surface area (Å²) in [5.41, 5.74) is 2.62. The molecule has 0 saturated carbocycles. The van der Waals surface area contributed by atoms with Crippen molar-refractivity contribution >= 4 is 5.97 Å². The van der Waals surface area contributed by atoms with Crippen LogP contribution in [0.5, 0.6) is 0 Å². The molecule has 0 fully saturated rings. The molecule has 1 aromatic rings. The summed E-state index contributed by atoms with van der Waals surface area (Å²) >= 11 is 0. The second-order valence-corrected chi connectivity index (χ2v) is 4.46. The molecule has 2 rings (SSSR count).